The van der Waals surface area contributed by atoms with Crippen LogP contribution in [0.5, 0.6) is 0 Å². The van der Waals surface area contributed by atoms with Crippen molar-refractivity contribution in [1.29, 1.82) is 0 Å². The van der Waals surface area contributed by atoms with Crippen molar-refractivity contribution in [1.82, 2.24) is 0 Å². The van der Waals surface area contributed by atoms with Crippen LogP contribution >= 0.6 is 0 Å². The summed E-state index contributed by atoms with van der Waals surface area (Å²) in [5.74, 6) is -0.417. The highest BCUT2D eigenvalue weighted by molar-refractivity contribution is 5.84. The van der Waals surface area contributed by atoms with Crippen LogP contribution in [0.15, 0.2) is 36.4 Å². The van der Waals surface area contributed by atoms with Crippen LogP contribution in [0.2, 0.25) is 0 Å². The molecule has 0 aliphatic heterocycles. The van der Waals surface area contributed by atoms with E-state index in [4.69, 9.17) is 9.47 Å². The molecule has 2 aromatic carbocycles. The van der Waals surface area contributed by atoms with Crippen molar-refractivity contribution < 1.29 is 19.1 Å². The Balaban J connectivity index is 2.19. The second kappa shape index (κ2) is 9.06. The molecular formula is C20H24O4. The summed E-state index contributed by atoms with van der Waals surface area (Å²) in [6, 6.07) is 12.0. The van der Waals surface area contributed by atoms with Crippen molar-refractivity contribution in [2.24, 2.45) is 0 Å². The number of esters is 2. The minimum Gasteiger partial charge on any atom is -0.461 e. The summed E-state index contributed by atoms with van der Waals surface area (Å²) in [6.07, 6.45) is 2.35. The van der Waals surface area contributed by atoms with Crippen molar-refractivity contribution in [2.45, 2.75) is 52.7 Å². The molecule has 2 aromatic rings. The highest BCUT2D eigenvalue weighted by atomic mass is 16.5. The van der Waals surface area contributed by atoms with Crippen molar-refractivity contribution in [3.63, 3.8) is 0 Å². The maximum atomic E-state index is 11.6. The largest absolute Gasteiger partial charge is 0.461 e. The van der Waals surface area contributed by atoms with Gasteiger partial charge >= 0.3 is 11.9 Å². The van der Waals surface area contributed by atoms with E-state index in [-0.39, 0.29) is 25.2 Å². The van der Waals surface area contributed by atoms with Crippen LogP contribution < -0.4 is 0 Å². The first kappa shape index (κ1) is 18.0. The smallest absolute Gasteiger partial charge is 0.306 e. The number of carbonyl (C=O) groups is 2. The van der Waals surface area contributed by atoms with Gasteiger partial charge in [0.2, 0.25) is 0 Å². The molecule has 0 spiro atoms. The van der Waals surface area contributed by atoms with Crippen LogP contribution in [0.3, 0.4) is 0 Å². The van der Waals surface area contributed by atoms with Gasteiger partial charge in [0, 0.05) is 12.8 Å². The van der Waals surface area contributed by atoms with Gasteiger partial charge in [-0.2, -0.15) is 0 Å². The third-order valence-electron chi connectivity index (χ3n) is 3.75. The Morgan fingerprint density at radius 1 is 0.792 bits per heavy atom. The van der Waals surface area contributed by atoms with Crippen LogP contribution in [0.1, 0.15) is 50.7 Å². The highest BCUT2D eigenvalue weighted by Gasteiger charge is 2.10. The Bertz CT molecular complexity index is 645. The SMILES string of the molecule is CCCC(=O)OCc1cc2ccccc2cc1COC(=O)CCC. The zero-order chi connectivity index (χ0) is 17.4. The number of carbonyl (C=O) groups excluding carboxylic acids is 2. The first-order chi connectivity index (χ1) is 11.6. The molecular weight excluding hydrogens is 304 g/mol. The zero-order valence-electron chi connectivity index (χ0n) is 14.3. The fourth-order valence-corrected chi connectivity index (χ4v) is 2.47. The Morgan fingerprint density at radius 3 is 1.58 bits per heavy atom. The average Bonchev–Trinajstić information content (AvgIpc) is 2.58. The lowest BCUT2D eigenvalue weighted by Gasteiger charge is -2.13. The third kappa shape index (κ3) is 5.08. The van der Waals surface area contributed by atoms with Crippen molar-refractivity contribution in [3.05, 3.63) is 47.5 Å². The lowest BCUT2D eigenvalue weighted by Crippen LogP contribution is -2.08. The summed E-state index contributed by atoms with van der Waals surface area (Å²) < 4.78 is 10.7. The fourth-order valence-electron chi connectivity index (χ4n) is 2.47. The minimum absolute atomic E-state index is 0.199. The molecule has 0 heterocycles. The van der Waals surface area contributed by atoms with Gasteiger partial charge in [-0.1, -0.05) is 38.1 Å². The quantitative estimate of drug-likeness (QED) is 0.668. The summed E-state index contributed by atoms with van der Waals surface area (Å²) in [6.45, 7) is 4.28. The summed E-state index contributed by atoms with van der Waals surface area (Å²) in [7, 11) is 0. The van der Waals surface area contributed by atoms with E-state index in [1.54, 1.807) is 0 Å². The van der Waals surface area contributed by atoms with Gasteiger partial charge in [-0.25, -0.2) is 0 Å². The van der Waals surface area contributed by atoms with Crippen LogP contribution in [-0.4, -0.2) is 11.9 Å². The topological polar surface area (TPSA) is 52.6 Å². The van der Waals surface area contributed by atoms with Gasteiger partial charge in [0.25, 0.3) is 0 Å². The predicted octanol–water partition coefficient (Wildman–Crippen LogP) is 4.53. The molecule has 0 aliphatic rings. The average molecular weight is 328 g/mol. The van der Waals surface area contributed by atoms with E-state index in [1.807, 2.05) is 50.2 Å². The number of ether oxygens (including phenoxy) is 2. The van der Waals surface area contributed by atoms with Gasteiger partial charge in [-0.15, -0.1) is 0 Å². The van der Waals surface area contributed by atoms with Crippen LogP contribution in [0, 0.1) is 0 Å². The van der Waals surface area contributed by atoms with E-state index in [0.717, 1.165) is 34.7 Å². The second-order valence-corrected chi connectivity index (χ2v) is 5.79. The number of hydrogen-bond donors (Lipinski definition) is 0. The summed E-state index contributed by atoms with van der Waals surface area (Å²) in [5, 5.41) is 2.14. The van der Waals surface area contributed by atoms with Crippen LogP contribution in [0.4, 0.5) is 0 Å². The van der Waals surface area contributed by atoms with Gasteiger partial charge in [0.1, 0.15) is 13.2 Å². The molecule has 0 aliphatic carbocycles. The zero-order valence-corrected chi connectivity index (χ0v) is 14.3. The first-order valence-corrected chi connectivity index (χ1v) is 8.45. The molecule has 0 atom stereocenters. The lowest BCUT2D eigenvalue weighted by molar-refractivity contribution is -0.146. The molecule has 0 aromatic heterocycles. The van der Waals surface area contributed by atoms with E-state index in [9.17, 15) is 9.59 Å². The van der Waals surface area contributed by atoms with E-state index >= 15 is 0 Å². The fraction of sp³-hybridized carbons (Fsp3) is 0.400. The second-order valence-electron chi connectivity index (χ2n) is 5.79. The van der Waals surface area contributed by atoms with E-state index < -0.39 is 0 Å². The van der Waals surface area contributed by atoms with Gasteiger partial charge in [0.05, 0.1) is 0 Å². The molecule has 0 radical (unpaired) electrons. The number of fused-ring (bicyclic) bond motifs is 1. The standard InChI is InChI=1S/C20H24O4/c1-3-7-19(21)23-13-17-11-15-9-5-6-10-16(15)12-18(17)14-24-20(22)8-4-2/h5-6,9-12H,3-4,7-8,13-14H2,1-2H3. The molecule has 0 unspecified atom stereocenters. The molecule has 128 valence electrons. The van der Waals surface area contributed by atoms with Crippen LogP contribution in [-0.2, 0) is 32.3 Å². The number of benzene rings is 2. The first-order valence-electron chi connectivity index (χ1n) is 8.45. The number of hydrogen-bond acceptors (Lipinski definition) is 4. The van der Waals surface area contributed by atoms with Crippen LogP contribution in [0.25, 0.3) is 10.8 Å². The molecule has 0 amide bonds. The summed E-state index contributed by atoms with van der Waals surface area (Å²) in [4.78, 5) is 23.3. The molecule has 0 fully saturated rings. The molecule has 4 nitrogen and oxygen atoms in total. The van der Waals surface area contributed by atoms with E-state index in [0.29, 0.717) is 12.8 Å². The summed E-state index contributed by atoms with van der Waals surface area (Å²) >= 11 is 0. The minimum atomic E-state index is -0.209. The normalized spacial score (nSPS) is 10.6. The van der Waals surface area contributed by atoms with Gasteiger partial charge < -0.3 is 9.47 Å². The van der Waals surface area contributed by atoms with Crippen molar-refractivity contribution in [2.75, 3.05) is 0 Å². The molecule has 0 N–H and O–H groups in total. The predicted molar refractivity (Wildman–Crippen MR) is 93.4 cm³/mol. The number of rotatable bonds is 8. The van der Waals surface area contributed by atoms with Crippen molar-refractivity contribution >= 4 is 22.7 Å². The maximum Gasteiger partial charge on any atom is 0.306 e. The monoisotopic (exact) mass is 328 g/mol. The molecule has 4 heteroatoms. The molecule has 0 saturated carbocycles. The molecule has 0 saturated heterocycles. The Labute approximate surface area is 142 Å². The molecule has 2 rings (SSSR count). The lowest BCUT2D eigenvalue weighted by atomic mass is 10.0. The van der Waals surface area contributed by atoms with Gasteiger partial charge in [-0.3, -0.25) is 9.59 Å². The van der Waals surface area contributed by atoms with Gasteiger partial charge in [0.15, 0.2) is 0 Å². The van der Waals surface area contributed by atoms with E-state index in [1.165, 1.54) is 0 Å². The van der Waals surface area contributed by atoms with E-state index in [2.05, 4.69) is 0 Å². The highest BCUT2D eigenvalue weighted by Crippen LogP contribution is 2.22. The Kier molecular flexibility index (Phi) is 6.79. The Hall–Kier alpha value is -2.36. The maximum absolute atomic E-state index is 11.6. The van der Waals surface area contributed by atoms with Crippen molar-refractivity contribution in [3.8, 4) is 0 Å². The molecule has 0 bridgehead atoms. The van der Waals surface area contributed by atoms with Gasteiger partial charge in [-0.05, 0) is 46.9 Å². The Morgan fingerprint density at radius 2 is 1.21 bits per heavy atom. The third-order valence-corrected chi connectivity index (χ3v) is 3.75. The molecule has 24 heavy (non-hydrogen) atoms. The summed E-state index contributed by atoms with van der Waals surface area (Å²) in [5.41, 5.74) is 1.75.